The van der Waals surface area contributed by atoms with E-state index in [1.54, 1.807) is 0 Å². The number of hydrogen-bond donors (Lipinski definition) is 2. The monoisotopic (exact) mass is 295 g/mol. The summed E-state index contributed by atoms with van der Waals surface area (Å²) in [4.78, 5) is 5.09. The van der Waals surface area contributed by atoms with Crippen molar-refractivity contribution in [2.45, 2.75) is 75.0 Å². The second kappa shape index (κ2) is 6.53. The van der Waals surface area contributed by atoms with Crippen LogP contribution in [0.4, 0.5) is 0 Å². The van der Waals surface area contributed by atoms with Gasteiger partial charge in [0.2, 0.25) is 0 Å². The summed E-state index contributed by atoms with van der Waals surface area (Å²) in [7, 11) is 4.41. The number of likely N-dealkylation sites (tertiary alicyclic amines) is 1. The van der Waals surface area contributed by atoms with Crippen molar-refractivity contribution in [1.82, 2.24) is 15.1 Å². The third-order valence-corrected chi connectivity index (χ3v) is 5.96. The van der Waals surface area contributed by atoms with Gasteiger partial charge in [0, 0.05) is 23.7 Å². The zero-order valence-electron chi connectivity index (χ0n) is 13.9. The molecule has 2 unspecified atom stereocenters. The summed E-state index contributed by atoms with van der Waals surface area (Å²) < 4.78 is 0. The lowest BCUT2D eigenvalue weighted by molar-refractivity contribution is 0.0368. The van der Waals surface area contributed by atoms with Gasteiger partial charge in [-0.2, -0.15) is 0 Å². The molecule has 0 aromatic rings. The summed E-state index contributed by atoms with van der Waals surface area (Å²) in [5, 5.41) is 13.7. The molecule has 0 bridgehead atoms. The van der Waals surface area contributed by atoms with E-state index in [0.717, 1.165) is 18.9 Å². The molecule has 0 aromatic heterocycles. The zero-order valence-corrected chi connectivity index (χ0v) is 13.9. The van der Waals surface area contributed by atoms with E-state index >= 15 is 0 Å². The first-order valence-electron chi connectivity index (χ1n) is 8.91. The van der Waals surface area contributed by atoms with Gasteiger partial charge in [-0.3, -0.25) is 0 Å². The Balaban J connectivity index is 1.55. The van der Waals surface area contributed by atoms with Crippen molar-refractivity contribution in [3.8, 4) is 0 Å². The van der Waals surface area contributed by atoms with Crippen molar-refractivity contribution >= 4 is 0 Å². The number of aliphatic hydroxyl groups excluding tert-OH is 1. The normalized spacial score (nSPS) is 36.3. The lowest BCUT2D eigenvalue weighted by Crippen LogP contribution is -2.57. The molecular weight excluding hydrogens is 262 g/mol. The molecule has 2 atom stereocenters. The molecule has 122 valence electrons. The minimum atomic E-state index is 0.0163. The number of nitrogens with one attached hydrogen (secondary N) is 1. The van der Waals surface area contributed by atoms with Gasteiger partial charge in [-0.25, -0.2) is 0 Å². The highest BCUT2D eigenvalue weighted by Crippen LogP contribution is 2.35. The number of aliphatic hydroxyl groups is 1. The fourth-order valence-corrected chi connectivity index (χ4v) is 4.39. The Morgan fingerprint density at radius 1 is 1.14 bits per heavy atom. The first-order chi connectivity index (χ1) is 10.1. The molecule has 4 heteroatoms. The third kappa shape index (κ3) is 3.79. The van der Waals surface area contributed by atoms with Crippen LogP contribution in [-0.2, 0) is 0 Å². The molecule has 1 saturated heterocycles. The van der Waals surface area contributed by atoms with Crippen molar-refractivity contribution < 1.29 is 5.11 Å². The zero-order chi connectivity index (χ0) is 14.9. The maximum atomic E-state index is 9.96. The van der Waals surface area contributed by atoms with Crippen molar-refractivity contribution in [3.63, 3.8) is 0 Å². The van der Waals surface area contributed by atoms with Gasteiger partial charge >= 0.3 is 0 Å². The highest BCUT2D eigenvalue weighted by Gasteiger charge is 2.41. The van der Waals surface area contributed by atoms with Crippen LogP contribution in [-0.4, -0.2) is 72.4 Å². The van der Waals surface area contributed by atoms with E-state index in [1.807, 2.05) is 0 Å². The Hall–Kier alpha value is -0.160. The van der Waals surface area contributed by atoms with E-state index < -0.39 is 0 Å². The molecule has 2 aliphatic carbocycles. The Morgan fingerprint density at radius 2 is 1.86 bits per heavy atom. The average molecular weight is 295 g/mol. The second-order valence-corrected chi connectivity index (χ2v) is 7.84. The van der Waals surface area contributed by atoms with Gasteiger partial charge in [0.05, 0.1) is 6.61 Å². The van der Waals surface area contributed by atoms with E-state index in [4.69, 9.17) is 0 Å². The molecule has 2 N–H and O–H groups in total. The fraction of sp³-hybridized carbons (Fsp3) is 1.00. The Bertz CT molecular complexity index is 337. The molecule has 3 fully saturated rings. The Morgan fingerprint density at radius 3 is 2.43 bits per heavy atom. The summed E-state index contributed by atoms with van der Waals surface area (Å²) in [6.07, 6.45) is 10.1. The van der Waals surface area contributed by atoms with Crippen molar-refractivity contribution in [1.29, 1.82) is 0 Å². The van der Waals surface area contributed by atoms with Gasteiger partial charge in [-0.1, -0.05) is 0 Å². The SMILES string of the molecule is CN(C)C1CCN(C2CCCC(CO)(NC3CC3)C2)CC1. The van der Waals surface area contributed by atoms with Gasteiger partial charge in [0.1, 0.15) is 0 Å². The molecule has 1 heterocycles. The Kier molecular flexibility index (Phi) is 4.89. The van der Waals surface area contributed by atoms with E-state index in [0.29, 0.717) is 18.7 Å². The summed E-state index contributed by atoms with van der Waals surface area (Å²) in [5.41, 5.74) is 0.0163. The van der Waals surface area contributed by atoms with Crippen LogP contribution in [0, 0.1) is 0 Å². The van der Waals surface area contributed by atoms with Gasteiger partial charge in [0.25, 0.3) is 0 Å². The van der Waals surface area contributed by atoms with Crippen LogP contribution in [0.3, 0.4) is 0 Å². The quantitative estimate of drug-likeness (QED) is 0.805. The maximum absolute atomic E-state index is 9.96. The van der Waals surface area contributed by atoms with E-state index in [-0.39, 0.29) is 5.54 Å². The molecular formula is C17H33N3O. The number of piperidine rings is 1. The second-order valence-electron chi connectivity index (χ2n) is 7.84. The number of nitrogens with zero attached hydrogens (tertiary/aromatic N) is 2. The highest BCUT2D eigenvalue weighted by molar-refractivity contribution is 5.01. The highest BCUT2D eigenvalue weighted by atomic mass is 16.3. The van der Waals surface area contributed by atoms with E-state index in [9.17, 15) is 5.11 Å². The lowest BCUT2D eigenvalue weighted by Gasteiger charge is -2.47. The minimum absolute atomic E-state index is 0.0163. The molecule has 0 radical (unpaired) electrons. The van der Waals surface area contributed by atoms with Crippen LogP contribution in [0.25, 0.3) is 0 Å². The molecule has 0 aromatic carbocycles. The molecule has 0 amide bonds. The molecule has 4 nitrogen and oxygen atoms in total. The van der Waals surface area contributed by atoms with Crippen LogP contribution in [0.1, 0.15) is 51.4 Å². The molecule has 2 saturated carbocycles. The van der Waals surface area contributed by atoms with E-state index in [2.05, 4.69) is 29.2 Å². The number of hydrogen-bond acceptors (Lipinski definition) is 4. The predicted octanol–water partition coefficient (Wildman–Crippen LogP) is 1.44. The molecule has 0 spiro atoms. The topological polar surface area (TPSA) is 38.7 Å². The summed E-state index contributed by atoms with van der Waals surface area (Å²) in [5.74, 6) is 0. The lowest BCUT2D eigenvalue weighted by atomic mass is 9.78. The van der Waals surface area contributed by atoms with Crippen molar-refractivity contribution in [2.24, 2.45) is 0 Å². The van der Waals surface area contributed by atoms with Gasteiger partial charge < -0.3 is 20.2 Å². The third-order valence-electron chi connectivity index (χ3n) is 5.96. The molecule has 3 aliphatic rings. The first kappa shape index (κ1) is 15.7. The number of rotatable bonds is 5. The average Bonchev–Trinajstić information content (AvgIpc) is 3.31. The largest absolute Gasteiger partial charge is 0.394 e. The maximum Gasteiger partial charge on any atom is 0.0613 e. The summed E-state index contributed by atoms with van der Waals surface area (Å²) in [6.45, 7) is 2.78. The van der Waals surface area contributed by atoms with Crippen molar-refractivity contribution in [3.05, 3.63) is 0 Å². The smallest absolute Gasteiger partial charge is 0.0613 e. The molecule has 1 aliphatic heterocycles. The van der Waals surface area contributed by atoms with Gasteiger partial charge in [-0.05, 0) is 78.6 Å². The van der Waals surface area contributed by atoms with Crippen molar-refractivity contribution in [2.75, 3.05) is 33.8 Å². The minimum Gasteiger partial charge on any atom is -0.394 e. The predicted molar refractivity (Wildman–Crippen MR) is 86.5 cm³/mol. The van der Waals surface area contributed by atoms with Crippen LogP contribution in [0.2, 0.25) is 0 Å². The van der Waals surface area contributed by atoms with Crippen LogP contribution in [0.15, 0.2) is 0 Å². The van der Waals surface area contributed by atoms with Gasteiger partial charge in [0.15, 0.2) is 0 Å². The van der Waals surface area contributed by atoms with Crippen LogP contribution >= 0.6 is 0 Å². The molecule has 3 rings (SSSR count). The van der Waals surface area contributed by atoms with Gasteiger partial charge in [-0.15, -0.1) is 0 Å². The Labute approximate surface area is 129 Å². The van der Waals surface area contributed by atoms with E-state index in [1.165, 1.54) is 51.6 Å². The fourth-order valence-electron chi connectivity index (χ4n) is 4.39. The summed E-state index contributed by atoms with van der Waals surface area (Å²) in [6, 6.07) is 2.13. The van der Waals surface area contributed by atoms with Crippen LogP contribution < -0.4 is 5.32 Å². The first-order valence-corrected chi connectivity index (χ1v) is 8.91. The van der Waals surface area contributed by atoms with Crippen LogP contribution in [0.5, 0.6) is 0 Å². The standard InChI is InChI=1S/C17H33N3O/c1-19(2)15-7-10-20(11-8-15)16-4-3-9-17(12-16,13-21)18-14-5-6-14/h14-16,18,21H,3-13H2,1-2H3. The molecule has 21 heavy (non-hydrogen) atoms. The summed E-state index contributed by atoms with van der Waals surface area (Å²) >= 11 is 0.